The maximum Gasteiger partial charge on any atom is 0.124 e. The Kier molecular flexibility index (Phi) is 2.33. The molecule has 0 spiro atoms. The van der Waals surface area contributed by atoms with Gasteiger partial charge < -0.3 is 10.3 Å². The SMILES string of the molecule is CN1CCC(N)CC1c1ccon1. The van der Waals surface area contributed by atoms with Crippen molar-refractivity contribution in [2.45, 2.75) is 24.9 Å². The van der Waals surface area contributed by atoms with Crippen molar-refractivity contribution in [2.24, 2.45) is 5.73 Å². The second-order valence-electron chi connectivity index (χ2n) is 3.71. The minimum atomic E-state index is 0.304. The first kappa shape index (κ1) is 8.72. The molecule has 1 aliphatic rings. The number of nitrogens with two attached hydrogens (primary N) is 1. The Morgan fingerprint density at radius 2 is 2.54 bits per heavy atom. The molecule has 2 atom stereocenters. The number of aromatic nitrogens is 1. The average molecular weight is 181 g/mol. The molecule has 13 heavy (non-hydrogen) atoms. The van der Waals surface area contributed by atoms with Crippen LogP contribution in [0.2, 0.25) is 0 Å². The Bertz CT molecular complexity index is 260. The minimum absolute atomic E-state index is 0.304. The van der Waals surface area contributed by atoms with Gasteiger partial charge in [0, 0.05) is 12.1 Å². The van der Waals surface area contributed by atoms with E-state index < -0.39 is 0 Å². The molecule has 1 fully saturated rings. The summed E-state index contributed by atoms with van der Waals surface area (Å²) in [5, 5.41) is 3.95. The number of hydrogen-bond donors (Lipinski definition) is 1. The van der Waals surface area contributed by atoms with Crippen LogP contribution in [0.1, 0.15) is 24.6 Å². The summed E-state index contributed by atoms with van der Waals surface area (Å²) in [5.41, 5.74) is 6.91. The topological polar surface area (TPSA) is 55.3 Å². The summed E-state index contributed by atoms with van der Waals surface area (Å²) in [6.45, 7) is 1.04. The summed E-state index contributed by atoms with van der Waals surface area (Å²) >= 11 is 0. The van der Waals surface area contributed by atoms with Crippen molar-refractivity contribution in [1.82, 2.24) is 10.1 Å². The maximum absolute atomic E-state index is 5.91. The van der Waals surface area contributed by atoms with Crippen LogP contribution in [-0.4, -0.2) is 29.7 Å². The molecule has 2 N–H and O–H groups in total. The van der Waals surface area contributed by atoms with Crippen molar-refractivity contribution >= 4 is 0 Å². The standard InChI is InChI=1S/C9H15N3O/c1-12-4-2-7(10)6-9(12)8-3-5-13-11-8/h3,5,7,9H,2,4,6,10H2,1H3. The number of nitrogens with zero attached hydrogens (tertiary/aromatic N) is 2. The van der Waals surface area contributed by atoms with Crippen molar-refractivity contribution in [3.8, 4) is 0 Å². The third kappa shape index (κ3) is 1.73. The first-order valence-corrected chi connectivity index (χ1v) is 4.63. The van der Waals surface area contributed by atoms with Crippen LogP contribution < -0.4 is 5.73 Å². The monoisotopic (exact) mass is 181 g/mol. The first-order valence-electron chi connectivity index (χ1n) is 4.63. The number of likely N-dealkylation sites (tertiary alicyclic amines) is 1. The molecular weight excluding hydrogens is 166 g/mol. The maximum atomic E-state index is 5.91. The van der Waals surface area contributed by atoms with Crippen molar-refractivity contribution in [3.05, 3.63) is 18.0 Å². The van der Waals surface area contributed by atoms with Gasteiger partial charge >= 0.3 is 0 Å². The van der Waals surface area contributed by atoms with Crippen LogP contribution in [0.15, 0.2) is 16.9 Å². The highest BCUT2D eigenvalue weighted by Crippen LogP contribution is 2.27. The number of piperidine rings is 1. The summed E-state index contributed by atoms with van der Waals surface area (Å²) in [6, 6.07) is 2.56. The molecule has 0 aromatic carbocycles. The lowest BCUT2D eigenvalue weighted by Crippen LogP contribution is -2.40. The van der Waals surface area contributed by atoms with E-state index in [4.69, 9.17) is 10.3 Å². The van der Waals surface area contributed by atoms with Crippen molar-refractivity contribution in [2.75, 3.05) is 13.6 Å². The lowest BCUT2D eigenvalue weighted by atomic mass is 9.96. The molecule has 1 aromatic heterocycles. The van der Waals surface area contributed by atoms with Gasteiger partial charge in [-0.1, -0.05) is 5.16 Å². The zero-order valence-corrected chi connectivity index (χ0v) is 7.81. The van der Waals surface area contributed by atoms with E-state index in [9.17, 15) is 0 Å². The highest BCUT2D eigenvalue weighted by atomic mass is 16.5. The van der Waals surface area contributed by atoms with E-state index in [1.54, 1.807) is 6.26 Å². The van der Waals surface area contributed by atoms with Gasteiger partial charge in [-0.25, -0.2) is 0 Å². The van der Waals surface area contributed by atoms with E-state index in [2.05, 4.69) is 17.1 Å². The van der Waals surface area contributed by atoms with E-state index in [0.717, 1.165) is 25.1 Å². The molecule has 1 aliphatic heterocycles. The van der Waals surface area contributed by atoms with Crippen LogP contribution in [0, 0.1) is 0 Å². The zero-order chi connectivity index (χ0) is 9.26. The van der Waals surface area contributed by atoms with Crippen LogP contribution in [0.3, 0.4) is 0 Å². The van der Waals surface area contributed by atoms with Gasteiger partial charge in [-0.2, -0.15) is 0 Å². The van der Waals surface area contributed by atoms with Gasteiger partial charge in [0.25, 0.3) is 0 Å². The largest absolute Gasteiger partial charge is 0.364 e. The molecule has 4 heteroatoms. The second-order valence-corrected chi connectivity index (χ2v) is 3.71. The van der Waals surface area contributed by atoms with Crippen molar-refractivity contribution in [3.63, 3.8) is 0 Å². The van der Waals surface area contributed by atoms with Crippen LogP contribution in [-0.2, 0) is 0 Å². The summed E-state index contributed by atoms with van der Waals surface area (Å²) in [6.07, 6.45) is 3.66. The Hall–Kier alpha value is -0.870. The fourth-order valence-corrected chi connectivity index (χ4v) is 1.85. The van der Waals surface area contributed by atoms with Gasteiger partial charge in [0.15, 0.2) is 0 Å². The molecule has 2 rings (SSSR count). The van der Waals surface area contributed by atoms with E-state index in [1.165, 1.54) is 0 Å². The smallest absolute Gasteiger partial charge is 0.124 e. The molecule has 1 aromatic rings. The van der Waals surface area contributed by atoms with Gasteiger partial charge in [0.05, 0.1) is 6.04 Å². The van der Waals surface area contributed by atoms with Gasteiger partial charge in [0.1, 0.15) is 12.0 Å². The molecule has 0 amide bonds. The Balaban J connectivity index is 2.12. The predicted molar refractivity (Wildman–Crippen MR) is 49.1 cm³/mol. The third-order valence-corrected chi connectivity index (χ3v) is 2.71. The summed E-state index contributed by atoms with van der Waals surface area (Å²) < 4.78 is 4.83. The molecule has 0 bridgehead atoms. The van der Waals surface area contributed by atoms with Gasteiger partial charge in [-0.05, 0) is 26.4 Å². The van der Waals surface area contributed by atoms with Crippen molar-refractivity contribution < 1.29 is 4.52 Å². The highest BCUT2D eigenvalue weighted by molar-refractivity contribution is 5.05. The molecule has 72 valence electrons. The Labute approximate surface area is 77.7 Å². The van der Waals surface area contributed by atoms with Crippen LogP contribution >= 0.6 is 0 Å². The van der Waals surface area contributed by atoms with Crippen molar-refractivity contribution in [1.29, 1.82) is 0 Å². The predicted octanol–water partition coefficient (Wildman–Crippen LogP) is 0.769. The molecular formula is C9H15N3O. The number of rotatable bonds is 1. The fourth-order valence-electron chi connectivity index (χ4n) is 1.85. The third-order valence-electron chi connectivity index (χ3n) is 2.71. The summed E-state index contributed by atoms with van der Waals surface area (Å²) in [7, 11) is 2.10. The highest BCUT2D eigenvalue weighted by Gasteiger charge is 2.26. The molecule has 0 saturated carbocycles. The lowest BCUT2D eigenvalue weighted by Gasteiger charge is -2.34. The second kappa shape index (κ2) is 3.47. The van der Waals surface area contributed by atoms with Gasteiger partial charge in [-0.15, -0.1) is 0 Å². The van der Waals surface area contributed by atoms with E-state index in [1.807, 2.05) is 6.07 Å². The molecule has 2 unspecified atom stereocenters. The fraction of sp³-hybridized carbons (Fsp3) is 0.667. The number of hydrogen-bond acceptors (Lipinski definition) is 4. The minimum Gasteiger partial charge on any atom is -0.364 e. The van der Waals surface area contributed by atoms with Crippen LogP contribution in [0.4, 0.5) is 0 Å². The summed E-state index contributed by atoms with van der Waals surface area (Å²) in [4.78, 5) is 2.28. The molecule has 0 radical (unpaired) electrons. The van der Waals surface area contributed by atoms with E-state index in [0.29, 0.717) is 12.1 Å². The Morgan fingerprint density at radius 1 is 1.69 bits per heavy atom. The first-order chi connectivity index (χ1) is 6.27. The summed E-state index contributed by atoms with van der Waals surface area (Å²) in [5.74, 6) is 0. The average Bonchev–Trinajstić information content (AvgIpc) is 2.61. The zero-order valence-electron chi connectivity index (χ0n) is 7.81. The van der Waals surface area contributed by atoms with E-state index in [-0.39, 0.29) is 0 Å². The molecule has 4 nitrogen and oxygen atoms in total. The van der Waals surface area contributed by atoms with Gasteiger partial charge in [0.2, 0.25) is 0 Å². The lowest BCUT2D eigenvalue weighted by molar-refractivity contribution is 0.164. The van der Waals surface area contributed by atoms with Crippen LogP contribution in [0.5, 0.6) is 0 Å². The quantitative estimate of drug-likeness (QED) is 0.695. The van der Waals surface area contributed by atoms with Crippen LogP contribution in [0.25, 0.3) is 0 Å². The Morgan fingerprint density at radius 3 is 3.23 bits per heavy atom. The molecule has 2 heterocycles. The normalized spacial score (nSPS) is 30.6. The molecule has 1 saturated heterocycles. The van der Waals surface area contributed by atoms with Gasteiger partial charge in [-0.3, -0.25) is 4.90 Å². The van der Waals surface area contributed by atoms with E-state index >= 15 is 0 Å². The molecule has 0 aliphatic carbocycles.